The molecule has 6 heteroatoms. The van der Waals surface area contributed by atoms with Gasteiger partial charge in [-0.25, -0.2) is 0 Å². The minimum absolute atomic E-state index is 0. The summed E-state index contributed by atoms with van der Waals surface area (Å²) >= 11 is 3.15. The fraction of sp³-hybridized carbons (Fsp3) is 0.143. The lowest BCUT2D eigenvalue weighted by Crippen LogP contribution is -2.01. The SMILES string of the molecule is Cl.NCc1ccc(Br)cc1[N+](=O)[O-]. The van der Waals surface area contributed by atoms with Gasteiger partial charge < -0.3 is 5.73 Å². The molecule has 72 valence electrons. The van der Waals surface area contributed by atoms with Gasteiger partial charge in [0.05, 0.1) is 4.92 Å². The molecule has 0 atom stereocenters. The first-order valence-electron chi connectivity index (χ1n) is 3.28. The van der Waals surface area contributed by atoms with E-state index in [0.29, 0.717) is 10.0 Å². The van der Waals surface area contributed by atoms with Gasteiger partial charge in [-0.2, -0.15) is 0 Å². The van der Waals surface area contributed by atoms with Crippen LogP contribution in [-0.4, -0.2) is 4.92 Å². The molecule has 0 fully saturated rings. The monoisotopic (exact) mass is 266 g/mol. The van der Waals surface area contributed by atoms with E-state index in [4.69, 9.17) is 5.73 Å². The van der Waals surface area contributed by atoms with E-state index in [9.17, 15) is 10.1 Å². The van der Waals surface area contributed by atoms with Gasteiger partial charge in [-0.15, -0.1) is 12.4 Å². The first-order chi connectivity index (χ1) is 5.65. The number of nitro groups is 1. The summed E-state index contributed by atoms with van der Waals surface area (Å²) in [6.07, 6.45) is 0. The Morgan fingerprint density at radius 2 is 2.15 bits per heavy atom. The summed E-state index contributed by atoms with van der Waals surface area (Å²) < 4.78 is 0.686. The summed E-state index contributed by atoms with van der Waals surface area (Å²) in [5, 5.41) is 10.5. The summed E-state index contributed by atoms with van der Waals surface area (Å²) in [7, 11) is 0. The van der Waals surface area contributed by atoms with Crippen LogP contribution in [0.2, 0.25) is 0 Å². The van der Waals surface area contributed by atoms with Crippen LogP contribution in [0.15, 0.2) is 22.7 Å². The van der Waals surface area contributed by atoms with Crippen LogP contribution in [0.4, 0.5) is 5.69 Å². The van der Waals surface area contributed by atoms with Crippen molar-refractivity contribution in [3.63, 3.8) is 0 Å². The van der Waals surface area contributed by atoms with Crippen LogP contribution in [0.5, 0.6) is 0 Å². The Kier molecular flexibility index (Phi) is 4.90. The third-order valence-corrected chi connectivity index (χ3v) is 1.96. The molecule has 0 aliphatic heterocycles. The van der Waals surface area contributed by atoms with Gasteiger partial charge in [0.15, 0.2) is 0 Å². The number of nitro benzene ring substituents is 1. The number of hydrogen-bond acceptors (Lipinski definition) is 3. The lowest BCUT2D eigenvalue weighted by Gasteiger charge is -1.98. The normalized spacial score (nSPS) is 9.08. The Hall–Kier alpha value is -0.650. The summed E-state index contributed by atoms with van der Waals surface area (Å²) in [6.45, 7) is 0.184. The average molecular weight is 268 g/mol. The van der Waals surface area contributed by atoms with E-state index in [2.05, 4.69) is 15.9 Å². The third kappa shape index (κ3) is 2.95. The highest BCUT2D eigenvalue weighted by molar-refractivity contribution is 9.10. The lowest BCUT2D eigenvalue weighted by atomic mass is 10.2. The highest BCUT2D eigenvalue weighted by Gasteiger charge is 2.11. The van der Waals surface area contributed by atoms with E-state index in [1.165, 1.54) is 6.07 Å². The highest BCUT2D eigenvalue weighted by atomic mass is 79.9. The molecule has 1 aromatic rings. The standard InChI is InChI=1S/C7H7BrN2O2.ClH/c8-6-2-1-5(4-9)7(3-6)10(11)12;/h1-3H,4,9H2;1H. The van der Waals surface area contributed by atoms with Crippen molar-refractivity contribution in [3.05, 3.63) is 38.3 Å². The van der Waals surface area contributed by atoms with Crippen molar-refractivity contribution in [2.75, 3.05) is 0 Å². The molecule has 0 heterocycles. The van der Waals surface area contributed by atoms with E-state index < -0.39 is 4.92 Å². The maximum atomic E-state index is 10.5. The summed E-state index contributed by atoms with van der Waals surface area (Å²) in [4.78, 5) is 10.0. The highest BCUT2D eigenvalue weighted by Crippen LogP contribution is 2.22. The minimum atomic E-state index is -0.438. The molecule has 0 bridgehead atoms. The van der Waals surface area contributed by atoms with Gasteiger partial charge in [0.25, 0.3) is 5.69 Å². The van der Waals surface area contributed by atoms with Crippen LogP contribution >= 0.6 is 28.3 Å². The molecule has 13 heavy (non-hydrogen) atoms. The largest absolute Gasteiger partial charge is 0.326 e. The van der Waals surface area contributed by atoms with Gasteiger partial charge in [-0.3, -0.25) is 10.1 Å². The summed E-state index contributed by atoms with van der Waals surface area (Å²) in [5.74, 6) is 0. The number of rotatable bonds is 2. The van der Waals surface area contributed by atoms with E-state index in [-0.39, 0.29) is 24.6 Å². The Balaban J connectivity index is 0.00000144. The van der Waals surface area contributed by atoms with Crippen LogP contribution in [-0.2, 0) is 6.54 Å². The van der Waals surface area contributed by atoms with Gasteiger partial charge in [-0.05, 0) is 12.1 Å². The Morgan fingerprint density at radius 3 is 2.62 bits per heavy atom. The molecule has 2 N–H and O–H groups in total. The molecule has 0 spiro atoms. The molecule has 1 aromatic carbocycles. The second kappa shape index (κ2) is 5.16. The molecule has 0 unspecified atom stereocenters. The van der Waals surface area contributed by atoms with E-state index in [0.717, 1.165) is 0 Å². The fourth-order valence-electron chi connectivity index (χ4n) is 0.880. The second-order valence-electron chi connectivity index (χ2n) is 2.23. The predicted octanol–water partition coefficient (Wildman–Crippen LogP) is 2.24. The van der Waals surface area contributed by atoms with Crippen molar-refractivity contribution < 1.29 is 4.92 Å². The van der Waals surface area contributed by atoms with Crippen LogP contribution in [0.1, 0.15) is 5.56 Å². The van der Waals surface area contributed by atoms with Crippen molar-refractivity contribution in [2.24, 2.45) is 5.73 Å². The zero-order chi connectivity index (χ0) is 9.14. The molecule has 0 radical (unpaired) electrons. The van der Waals surface area contributed by atoms with Gasteiger partial charge in [0, 0.05) is 22.6 Å². The van der Waals surface area contributed by atoms with E-state index in [1.807, 2.05) is 0 Å². The minimum Gasteiger partial charge on any atom is -0.326 e. The van der Waals surface area contributed by atoms with Crippen LogP contribution in [0.25, 0.3) is 0 Å². The Morgan fingerprint density at radius 1 is 1.54 bits per heavy atom. The maximum absolute atomic E-state index is 10.5. The average Bonchev–Trinajstić information content (AvgIpc) is 2.04. The number of benzene rings is 1. The van der Waals surface area contributed by atoms with E-state index >= 15 is 0 Å². The second-order valence-corrected chi connectivity index (χ2v) is 3.15. The molecular weight excluding hydrogens is 259 g/mol. The van der Waals surface area contributed by atoms with Crippen LogP contribution in [0.3, 0.4) is 0 Å². The first-order valence-corrected chi connectivity index (χ1v) is 4.07. The Bertz CT molecular complexity index is 319. The number of hydrogen-bond donors (Lipinski definition) is 1. The lowest BCUT2D eigenvalue weighted by molar-refractivity contribution is -0.385. The third-order valence-electron chi connectivity index (χ3n) is 1.46. The van der Waals surface area contributed by atoms with Crippen molar-refractivity contribution in [2.45, 2.75) is 6.54 Å². The molecule has 0 aliphatic rings. The quantitative estimate of drug-likeness (QED) is 0.660. The number of halogens is 2. The van der Waals surface area contributed by atoms with Gasteiger partial charge >= 0.3 is 0 Å². The zero-order valence-electron chi connectivity index (χ0n) is 6.57. The number of nitrogens with two attached hydrogens (primary N) is 1. The van der Waals surface area contributed by atoms with Gasteiger partial charge in [0.1, 0.15) is 0 Å². The van der Waals surface area contributed by atoms with Crippen LogP contribution < -0.4 is 5.73 Å². The number of nitrogens with zero attached hydrogens (tertiary/aromatic N) is 1. The molecule has 0 amide bonds. The maximum Gasteiger partial charge on any atom is 0.275 e. The molecular formula is C7H8BrClN2O2. The van der Waals surface area contributed by atoms with Gasteiger partial charge in [-0.1, -0.05) is 15.9 Å². The smallest absolute Gasteiger partial charge is 0.275 e. The molecule has 0 aromatic heterocycles. The van der Waals surface area contributed by atoms with Crippen LogP contribution in [0, 0.1) is 10.1 Å². The van der Waals surface area contributed by atoms with Gasteiger partial charge in [0.2, 0.25) is 0 Å². The van der Waals surface area contributed by atoms with Crippen molar-refractivity contribution in [1.29, 1.82) is 0 Å². The fourth-order valence-corrected chi connectivity index (χ4v) is 1.23. The molecule has 0 saturated heterocycles. The Labute approximate surface area is 89.8 Å². The summed E-state index contributed by atoms with van der Waals surface area (Å²) in [6, 6.07) is 4.82. The van der Waals surface area contributed by atoms with Crippen molar-refractivity contribution in [3.8, 4) is 0 Å². The van der Waals surface area contributed by atoms with E-state index in [1.54, 1.807) is 12.1 Å². The van der Waals surface area contributed by atoms with Crippen molar-refractivity contribution >= 4 is 34.0 Å². The molecule has 1 rings (SSSR count). The van der Waals surface area contributed by atoms with Crippen molar-refractivity contribution in [1.82, 2.24) is 0 Å². The molecule has 0 saturated carbocycles. The summed E-state index contributed by atoms with van der Waals surface area (Å²) in [5.41, 5.74) is 5.93. The molecule has 0 aliphatic carbocycles. The predicted molar refractivity (Wildman–Crippen MR) is 55.9 cm³/mol. The molecule has 4 nitrogen and oxygen atoms in total. The zero-order valence-corrected chi connectivity index (χ0v) is 8.97. The topological polar surface area (TPSA) is 69.2 Å². The first kappa shape index (κ1) is 12.3.